The second kappa shape index (κ2) is 11.0. The summed E-state index contributed by atoms with van der Waals surface area (Å²) in [6.45, 7) is 1.83. The summed E-state index contributed by atoms with van der Waals surface area (Å²) in [6, 6.07) is 6.68. The Bertz CT molecular complexity index is 1380. The fourth-order valence-corrected chi connectivity index (χ4v) is 6.53. The van der Waals surface area contributed by atoms with E-state index >= 15 is 0 Å². The Kier molecular flexibility index (Phi) is 7.66. The van der Waals surface area contributed by atoms with Crippen LogP contribution in [0.2, 0.25) is 0 Å². The van der Waals surface area contributed by atoms with Gasteiger partial charge in [-0.3, -0.25) is 15.1 Å². The molecule has 4 heterocycles. The number of anilines is 1. The molecule has 0 spiro atoms. The largest absolute Gasteiger partial charge is 0.368 e. The van der Waals surface area contributed by atoms with Crippen molar-refractivity contribution in [3.8, 4) is 10.7 Å². The summed E-state index contributed by atoms with van der Waals surface area (Å²) in [4.78, 5) is 22.9. The predicted octanol–water partition coefficient (Wildman–Crippen LogP) is 1.82. The van der Waals surface area contributed by atoms with E-state index in [9.17, 15) is 17.6 Å². The molecule has 5 rings (SSSR count). The molecule has 0 bridgehead atoms. The molecule has 1 atom stereocenters. The van der Waals surface area contributed by atoms with Gasteiger partial charge in [0.05, 0.1) is 24.7 Å². The van der Waals surface area contributed by atoms with Gasteiger partial charge in [-0.05, 0) is 37.1 Å². The van der Waals surface area contributed by atoms with Gasteiger partial charge in [-0.1, -0.05) is 6.42 Å². The molecule has 2 fully saturated rings. The molecule has 11 nitrogen and oxygen atoms in total. The molecule has 38 heavy (non-hydrogen) atoms. The number of thiazole rings is 1. The third-order valence-electron chi connectivity index (χ3n) is 7.08. The van der Waals surface area contributed by atoms with Crippen LogP contribution in [0.3, 0.4) is 0 Å². The van der Waals surface area contributed by atoms with E-state index in [4.69, 9.17) is 0 Å². The minimum absolute atomic E-state index is 0.192. The summed E-state index contributed by atoms with van der Waals surface area (Å²) in [5.41, 5.74) is 0.749. The average Bonchev–Trinajstić information content (AvgIpc) is 3.36. The number of amides is 1. The van der Waals surface area contributed by atoms with E-state index in [1.807, 2.05) is 12.1 Å². The Balaban J connectivity index is 1.21. The summed E-state index contributed by atoms with van der Waals surface area (Å²) in [5, 5.41) is 15.7. The van der Waals surface area contributed by atoms with Crippen LogP contribution in [0.25, 0.3) is 10.7 Å². The van der Waals surface area contributed by atoms with Crippen molar-refractivity contribution in [3.63, 3.8) is 0 Å². The molecule has 3 aromatic rings. The highest BCUT2D eigenvalue weighted by molar-refractivity contribution is 7.88. The first-order valence-electron chi connectivity index (χ1n) is 12.3. The molecular weight excluding hydrogens is 531 g/mol. The monoisotopic (exact) mass is 560 g/mol. The zero-order valence-corrected chi connectivity index (χ0v) is 22.5. The quantitative estimate of drug-likeness (QED) is 0.356. The second-order valence-corrected chi connectivity index (χ2v) is 12.7. The normalized spacial score (nSPS) is 19.5. The third kappa shape index (κ3) is 5.67. The number of piperazine rings is 1. The van der Waals surface area contributed by atoms with Gasteiger partial charge in [-0.25, -0.2) is 17.8 Å². The van der Waals surface area contributed by atoms with Crippen molar-refractivity contribution in [1.82, 2.24) is 34.7 Å². The number of halogens is 1. The van der Waals surface area contributed by atoms with E-state index < -0.39 is 16.2 Å². The van der Waals surface area contributed by atoms with Crippen molar-refractivity contribution in [2.45, 2.75) is 37.4 Å². The van der Waals surface area contributed by atoms with Gasteiger partial charge in [0.1, 0.15) is 22.3 Å². The minimum Gasteiger partial charge on any atom is -0.368 e. The standard InChI is InChI=1S/C24H29FN8O3S2/c1-38(35,36)33-11-10-26-21(14-33)32(16-34)13-17-12-28-23(37-17)19-5-6-20(31-30-19)29-15-24(7-3-8-24)22-18(25)4-2-9-27-22/h2,4-6,9,12,16,21,26H,3,7-8,10-11,13-15H2,1H3,(H,29,31)/t21-/m0/s1. The molecule has 2 N–H and O–H groups in total. The van der Waals surface area contributed by atoms with Crippen molar-refractivity contribution in [2.24, 2.45) is 0 Å². The van der Waals surface area contributed by atoms with Crippen LogP contribution in [0.1, 0.15) is 29.8 Å². The van der Waals surface area contributed by atoms with Gasteiger partial charge in [0.25, 0.3) is 0 Å². The average molecular weight is 561 g/mol. The lowest BCUT2D eigenvalue weighted by Gasteiger charge is -2.41. The maximum Gasteiger partial charge on any atom is 0.211 e. The van der Waals surface area contributed by atoms with Crippen LogP contribution in [0.4, 0.5) is 10.2 Å². The molecule has 0 unspecified atom stereocenters. The number of carbonyl (C=O) groups is 1. The highest BCUT2D eigenvalue weighted by Crippen LogP contribution is 2.43. The number of sulfonamides is 1. The summed E-state index contributed by atoms with van der Waals surface area (Å²) in [5.74, 6) is 0.300. The van der Waals surface area contributed by atoms with Crippen LogP contribution >= 0.6 is 11.3 Å². The number of nitrogens with zero attached hydrogens (tertiary/aromatic N) is 6. The highest BCUT2D eigenvalue weighted by atomic mass is 32.2. The minimum atomic E-state index is -3.34. The Morgan fingerprint density at radius 1 is 1.29 bits per heavy atom. The number of carbonyl (C=O) groups excluding carboxylic acids is 1. The van der Waals surface area contributed by atoms with Gasteiger partial charge in [0.15, 0.2) is 0 Å². The summed E-state index contributed by atoms with van der Waals surface area (Å²) in [6.07, 6.45) is 7.53. The van der Waals surface area contributed by atoms with Gasteiger partial charge in [0, 0.05) is 48.9 Å². The predicted molar refractivity (Wildman–Crippen MR) is 141 cm³/mol. The summed E-state index contributed by atoms with van der Waals surface area (Å²) < 4.78 is 39.6. The van der Waals surface area contributed by atoms with Crippen LogP contribution in [-0.4, -0.2) is 82.8 Å². The molecule has 1 aliphatic heterocycles. The van der Waals surface area contributed by atoms with Crippen molar-refractivity contribution < 1.29 is 17.6 Å². The second-order valence-electron chi connectivity index (χ2n) is 9.63. The first-order chi connectivity index (χ1) is 18.3. The molecule has 0 radical (unpaired) electrons. The number of hydrogen-bond acceptors (Lipinski definition) is 10. The molecule has 2 aliphatic rings. The third-order valence-corrected chi connectivity index (χ3v) is 9.35. The van der Waals surface area contributed by atoms with E-state index in [1.165, 1.54) is 32.9 Å². The van der Waals surface area contributed by atoms with E-state index in [1.54, 1.807) is 18.5 Å². The Labute approximate surface area is 224 Å². The Morgan fingerprint density at radius 3 is 2.79 bits per heavy atom. The van der Waals surface area contributed by atoms with Crippen LogP contribution in [-0.2, 0) is 26.8 Å². The first-order valence-corrected chi connectivity index (χ1v) is 15.0. The number of hydrogen-bond donors (Lipinski definition) is 2. The van der Waals surface area contributed by atoms with Gasteiger partial charge in [-0.15, -0.1) is 21.5 Å². The zero-order valence-electron chi connectivity index (χ0n) is 20.9. The zero-order chi connectivity index (χ0) is 26.8. The maximum atomic E-state index is 14.4. The Morgan fingerprint density at radius 2 is 2.13 bits per heavy atom. The van der Waals surface area contributed by atoms with E-state index in [-0.39, 0.29) is 24.3 Å². The van der Waals surface area contributed by atoms with Gasteiger partial charge in [0.2, 0.25) is 16.4 Å². The highest BCUT2D eigenvalue weighted by Gasteiger charge is 2.41. The fraction of sp³-hybridized carbons (Fsp3) is 0.458. The van der Waals surface area contributed by atoms with Crippen molar-refractivity contribution in [1.29, 1.82) is 0 Å². The van der Waals surface area contributed by atoms with Crippen LogP contribution in [0.15, 0.2) is 36.7 Å². The van der Waals surface area contributed by atoms with Crippen LogP contribution in [0, 0.1) is 5.82 Å². The smallest absolute Gasteiger partial charge is 0.211 e. The van der Waals surface area contributed by atoms with Gasteiger partial charge < -0.3 is 10.2 Å². The van der Waals surface area contributed by atoms with Crippen molar-refractivity contribution >= 4 is 33.6 Å². The van der Waals surface area contributed by atoms with Crippen LogP contribution in [0.5, 0.6) is 0 Å². The molecule has 0 aromatic carbocycles. The Hall–Kier alpha value is -3.07. The molecule has 14 heteroatoms. The molecule has 3 aromatic heterocycles. The number of aromatic nitrogens is 4. The SMILES string of the molecule is CS(=O)(=O)N1CCN[C@@H](N(C=O)Cc2cnc(-c3ccc(NCC4(c5ncccc5F)CCC4)nn3)s2)C1. The van der Waals surface area contributed by atoms with E-state index in [0.29, 0.717) is 41.8 Å². The molecule has 1 saturated heterocycles. The number of pyridine rings is 1. The van der Waals surface area contributed by atoms with Gasteiger partial charge >= 0.3 is 0 Å². The lowest BCUT2D eigenvalue weighted by Crippen LogP contribution is -2.58. The number of nitrogens with one attached hydrogen (secondary N) is 2. The maximum absolute atomic E-state index is 14.4. The van der Waals surface area contributed by atoms with E-state index in [0.717, 1.165) is 30.5 Å². The molecule has 202 valence electrons. The summed E-state index contributed by atoms with van der Waals surface area (Å²) in [7, 11) is -3.34. The molecular formula is C24H29FN8O3S2. The lowest BCUT2D eigenvalue weighted by molar-refractivity contribution is -0.122. The lowest BCUT2D eigenvalue weighted by atomic mass is 9.66. The molecule has 1 aliphatic carbocycles. The first kappa shape index (κ1) is 26.5. The fourth-order valence-electron chi connectivity index (χ4n) is 4.80. The number of rotatable bonds is 10. The van der Waals surface area contributed by atoms with Crippen molar-refractivity contribution in [2.75, 3.05) is 37.8 Å². The van der Waals surface area contributed by atoms with E-state index in [2.05, 4.69) is 30.8 Å². The molecule has 1 saturated carbocycles. The van der Waals surface area contributed by atoms with Gasteiger partial charge in [-0.2, -0.15) is 4.31 Å². The molecule has 1 amide bonds. The summed E-state index contributed by atoms with van der Waals surface area (Å²) >= 11 is 1.39. The van der Waals surface area contributed by atoms with Crippen LogP contribution < -0.4 is 10.6 Å². The topological polar surface area (TPSA) is 133 Å². The van der Waals surface area contributed by atoms with Crippen molar-refractivity contribution in [3.05, 3.63) is 53.0 Å².